The van der Waals surface area contributed by atoms with Crippen molar-refractivity contribution in [2.75, 3.05) is 0 Å². The first-order valence-corrected chi connectivity index (χ1v) is 13.8. The Balaban J connectivity index is 1.93. The van der Waals surface area contributed by atoms with Gasteiger partial charge in [0.25, 0.3) is 0 Å². The molecule has 0 bridgehead atoms. The van der Waals surface area contributed by atoms with Gasteiger partial charge in [0.15, 0.2) is 0 Å². The van der Waals surface area contributed by atoms with Crippen LogP contribution < -0.4 is 9.47 Å². The van der Waals surface area contributed by atoms with E-state index < -0.39 is 0 Å². The van der Waals surface area contributed by atoms with Crippen molar-refractivity contribution in [3.63, 3.8) is 0 Å². The molecule has 0 aliphatic carbocycles. The Kier molecular flexibility index (Phi) is 10.8. The molecule has 0 saturated carbocycles. The summed E-state index contributed by atoms with van der Waals surface area (Å²) in [4.78, 5) is 25.7. The maximum absolute atomic E-state index is 12.8. The first kappa shape index (κ1) is 27.7. The summed E-state index contributed by atoms with van der Waals surface area (Å²) < 4.78 is 12.1. The number of hydrogen-bond acceptors (Lipinski definition) is 4. The average Bonchev–Trinajstić information content (AvgIpc) is 2.85. The predicted molar refractivity (Wildman–Crippen MR) is 149 cm³/mol. The van der Waals surface area contributed by atoms with Crippen molar-refractivity contribution in [3.05, 3.63) is 47.5 Å². The normalized spacial score (nSPS) is 11.2. The van der Waals surface area contributed by atoms with E-state index in [1.54, 1.807) is 0 Å². The Morgan fingerprint density at radius 1 is 0.556 bits per heavy atom. The number of hydrogen-bond donors (Lipinski definition) is 0. The molecule has 0 aliphatic heterocycles. The van der Waals surface area contributed by atoms with Crippen LogP contribution in [0.3, 0.4) is 0 Å². The third-order valence-corrected chi connectivity index (χ3v) is 6.73. The quantitative estimate of drug-likeness (QED) is 0.0978. The Bertz CT molecular complexity index is 1080. The van der Waals surface area contributed by atoms with E-state index in [4.69, 9.17) is 9.47 Å². The van der Waals surface area contributed by atoms with Gasteiger partial charge in [-0.25, -0.2) is 0 Å². The van der Waals surface area contributed by atoms with Gasteiger partial charge in [0, 0.05) is 34.4 Å². The molecular formula is C32H42O4. The molecule has 3 aromatic carbocycles. The molecule has 0 atom stereocenters. The van der Waals surface area contributed by atoms with Gasteiger partial charge in [0.05, 0.1) is 0 Å². The van der Waals surface area contributed by atoms with E-state index in [0.717, 1.165) is 71.2 Å². The van der Waals surface area contributed by atoms with Gasteiger partial charge in [-0.2, -0.15) is 0 Å². The molecule has 0 amide bonds. The smallest absolute Gasteiger partial charge is 0.311 e. The number of benzene rings is 3. The van der Waals surface area contributed by atoms with Crippen LogP contribution in [0.5, 0.6) is 11.5 Å². The third-order valence-electron chi connectivity index (χ3n) is 6.73. The molecule has 4 heteroatoms. The number of ether oxygens (including phenoxy) is 2. The summed E-state index contributed by atoms with van der Waals surface area (Å²) in [5.41, 5.74) is 2.11. The first-order chi connectivity index (χ1) is 17.4. The van der Waals surface area contributed by atoms with Gasteiger partial charge in [0.2, 0.25) is 0 Å². The fourth-order valence-electron chi connectivity index (χ4n) is 4.67. The van der Waals surface area contributed by atoms with Crippen LogP contribution in [-0.4, -0.2) is 11.9 Å². The largest absolute Gasteiger partial charge is 0.425 e. The van der Waals surface area contributed by atoms with Crippen molar-refractivity contribution in [2.45, 2.75) is 105 Å². The van der Waals surface area contributed by atoms with E-state index >= 15 is 0 Å². The molecule has 0 fully saturated rings. The predicted octanol–water partition coefficient (Wildman–Crippen LogP) is 9.14. The topological polar surface area (TPSA) is 52.6 Å². The second kappa shape index (κ2) is 14.0. The molecule has 0 heterocycles. The van der Waals surface area contributed by atoms with E-state index in [0.29, 0.717) is 24.3 Å². The van der Waals surface area contributed by atoms with Crippen LogP contribution in [-0.2, 0) is 9.59 Å². The summed E-state index contributed by atoms with van der Waals surface area (Å²) in [5.74, 6) is 0.684. The molecule has 0 radical (unpaired) electrons. The van der Waals surface area contributed by atoms with E-state index in [-0.39, 0.29) is 11.9 Å². The zero-order chi connectivity index (χ0) is 25.9. The fourth-order valence-corrected chi connectivity index (χ4v) is 4.67. The number of esters is 2. The number of carbonyl (C=O) groups excluding carboxylic acids is 2. The van der Waals surface area contributed by atoms with Gasteiger partial charge in [-0.3, -0.25) is 9.59 Å². The number of rotatable bonds is 14. The standard InChI is InChI=1S/C32H42O4/c1-5-7-9-11-13-15-29(33)35-31-25-19-17-24(4)22-28(25)32(26-20-18-23(3)21-27(26)31)36-30(34)16-14-12-10-8-6-2/h17-22H,5-16H2,1-4H3. The molecule has 4 nitrogen and oxygen atoms in total. The van der Waals surface area contributed by atoms with E-state index in [1.807, 2.05) is 50.2 Å². The summed E-state index contributed by atoms with van der Waals surface area (Å²) in [6.07, 6.45) is 11.6. The SMILES string of the molecule is CCCCCCCC(=O)Oc1c2ccc(C)cc2c(OC(=O)CCCCCCC)c2ccc(C)cc12. The van der Waals surface area contributed by atoms with Gasteiger partial charge in [-0.05, 0) is 38.8 Å². The maximum atomic E-state index is 12.8. The number of unbranched alkanes of at least 4 members (excludes halogenated alkanes) is 8. The highest BCUT2D eigenvalue weighted by Crippen LogP contribution is 2.44. The number of aryl methyl sites for hydroxylation is 2. The van der Waals surface area contributed by atoms with Crippen molar-refractivity contribution >= 4 is 33.5 Å². The van der Waals surface area contributed by atoms with Gasteiger partial charge in [-0.15, -0.1) is 0 Å². The molecule has 0 aliphatic rings. The Morgan fingerprint density at radius 2 is 0.944 bits per heavy atom. The molecule has 0 N–H and O–H groups in total. The number of fused-ring (bicyclic) bond motifs is 2. The Labute approximate surface area is 216 Å². The van der Waals surface area contributed by atoms with E-state index in [1.165, 1.54) is 25.7 Å². The fraction of sp³-hybridized carbons (Fsp3) is 0.500. The molecule has 36 heavy (non-hydrogen) atoms. The summed E-state index contributed by atoms with van der Waals surface area (Å²) in [7, 11) is 0. The van der Waals surface area contributed by atoms with Gasteiger partial charge < -0.3 is 9.47 Å². The van der Waals surface area contributed by atoms with Crippen LogP contribution in [0.15, 0.2) is 36.4 Å². The molecule has 0 aromatic heterocycles. The summed E-state index contributed by atoms with van der Waals surface area (Å²) in [6, 6.07) is 12.0. The van der Waals surface area contributed by atoms with E-state index in [2.05, 4.69) is 13.8 Å². The second-order valence-electron chi connectivity index (χ2n) is 10.0. The van der Waals surface area contributed by atoms with Crippen molar-refractivity contribution < 1.29 is 19.1 Å². The molecule has 194 valence electrons. The first-order valence-electron chi connectivity index (χ1n) is 13.8. The highest BCUT2D eigenvalue weighted by Gasteiger charge is 2.20. The lowest BCUT2D eigenvalue weighted by atomic mass is 9.97. The molecule has 3 rings (SSSR count). The summed E-state index contributed by atoms with van der Waals surface area (Å²) in [5, 5.41) is 3.19. The van der Waals surface area contributed by atoms with Gasteiger partial charge in [-0.1, -0.05) is 101 Å². The lowest BCUT2D eigenvalue weighted by Crippen LogP contribution is -2.11. The van der Waals surface area contributed by atoms with Crippen molar-refractivity contribution in [2.24, 2.45) is 0 Å². The molecule has 3 aromatic rings. The van der Waals surface area contributed by atoms with Crippen LogP contribution in [0.25, 0.3) is 21.5 Å². The number of carbonyl (C=O) groups is 2. The second-order valence-corrected chi connectivity index (χ2v) is 10.0. The van der Waals surface area contributed by atoms with Crippen molar-refractivity contribution in [3.8, 4) is 11.5 Å². The zero-order valence-corrected chi connectivity index (χ0v) is 22.6. The highest BCUT2D eigenvalue weighted by molar-refractivity contribution is 6.13. The lowest BCUT2D eigenvalue weighted by Gasteiger charge is -2.17. The summed E-state index contributed by atoms with van der Waals surface area (Å²) >= 11 is 0. The van der Waals surface area contributed by atoms with Crippen LogP contribution in [0.2, 0.25) is 0 Å². The minimum absolute atomic E-state index is 0.215. The lowest BCUT2D eigenvalue weighted by molar-refractivity contribution is -0.135. The maximum Gasteiger partial charge on any atom is 0.311 e. The van der Waals surface area contributed by atoms with Crippen LogP contribution in [0.4, 0.5) is 0 Å². The molecule has 0 spiro atoms. The van der Waals surface area contributed by atoms with Crippen molar-refractivity contribution in [1.82, 2.24) is 0 Å². The third kappa shape index (κ3) is 7.56. The Morgan fingerprint density at radius 3 is 1.33 bits per heavy atom. The van der Waals surface area contributed by atoms with Crippen LogP contribution >= 0.6 is 0 Å². The molecule has 0 saturated heterocycles. The highest BCUT2D eigenvalue weighted by atomic mass is 16.5. The van der Waals surface area contributed by atoms with Crippen LogP contribution in [0.1, 0.15) is 102 Å². The molecule has 0 unspecified atom stereocenters. The van der Waals surface area contributed by atoms with Gasteiger partial charge >= 0.3 is 11.9 Å². The zero-order valence-electron chi connectivity index (χ0n) is 22.6. The van der Waals surface area contributed by atoms with Crippen molar-refractivity contribution in [1.29, 1.82) is 0 Å². The minimum atomic E-state index is -0.215. The minimum Gasteiger partial charge on any atom is -0.425 e. The van der Waals surface area contributed by atoms with Crippen LogP contribution in [0, 0.1) is 13.8 Å². The Hall–Kier alpha value is -2.88. The summed E-state index contributed by atoms with van der Waals surface area (Å²) in [6.45, 7) is 8.39. The average molecular weight is 491 g/mol. The van der Waals surface area contributed by atoms with E-state index in [9.17, 15) is 9.59 Å². The molecular weight excluding hydrogens is 448 g/mol. The monoisotopic (exact) mass is 490 g/mol. The van der Waals surface area contributed by atoms with Gasteiger partial charge in [0.1, 0.15) is 11.5 Å².